The number of hydrogen-bond donors (Lipinski definition) is 0. The van der Waals surface area contributed by atoms with E-state index in [1.165, 1.54) is 10.8 Å². The van der Waals surface area contributed by atoms with Gasteiger partial charge in [-0.05, 0) is 53.9 Å². The molecule has 0 aliphatic heterocycles. The van der Waals surface area contributed by atoms with Crippen molar-refractivity contribution >= 4 is 22.9 Å². The summed E-state index contributed by atoms with van der Waals surface area (Å²) in [7, 11) is 1.61. The Hall–Kier alpha value is -4.04. The molecule has 0 aliphatic carbocycles. The molecule has 0 unspecified atom stereocenters. The Balaban J connectivity index is 1.55. The van der Waals surface area contributed by atoms with E-state index < -0.39 is 0 Å². The highest BCUT2D eigenvalue weighted by Gasteiger charge is 2.13. The zero-order chi connectivity index (χ0) is 21.8. The first-order chi connectivity index (χ1) is 15.1. The Labute approximate surface area is 181 Å². The maximum Gasteiger partial charge on any atom is 0.237 e. The summed E-state index contributed by atoms with van der Waals surface area (Å²) in [5, 5.41) is 11.7. The normalized spacial score (nSPS) is 11.0. The van der Waals surface area contributed by atoms with Crippen molar-refractivity contribution in [3.8, 4) is 17.6 Å². The van der Waals surface area contributed by atoms with Crippen LogP contribution in [-0.2, 0) is 6.61 Å². The summed E-state index contributed by atoms with van der Waals surface area (Å²) in [6.45, 7) is 4.10. The minimum absolute atomic E-state index is 0.313. The standard InChI is InChI=1S/C26H22N2O3/c1-17-18(2)31-26(23(17)14-27)28-15-19-11-12-24(25(13-19)29-3)30-16-21-9-6-8-20-7-4-5-10-22(20)21/h4-13,15H,16H2,1-3H3. The Morgan fingerprint density at radius 3 is 2.65 bits per heavy atom. The Morgan fingerprint density at radius 2 is 1.84 bits per heavy atom. The second-order valence-corrected chi connectivity index (χ2v) is 7.17. The smallest absolute Gasteiger partial charge is 0.237 e. The van der Waals surface area contributed by atoms with E-state index in [-0.39, 0.29) is 0 Å². The van der Waals surface area contributed by atoms with Gasteiger partial charge in [-0.1, -0.05) is 42.5 Å². The molecular formula is C26H22N2O3. The number of methoxy groups -OCH3 is 1. The van der Waals surface area contributed by atoms with Crippen LogP contribution in [0.3, 0.4) is 0 Å². The van der Waals surface area contributed by atoms with Gasteiger partial charge in [-0.15, -0.1) is 0 Å². The highest BCUT2D eigenvalue weighted by Crippen LogP contribution is 2.31. The van der Waals surface area contributed by atoms with Crippen molar-refractivity contribution in [1.82, 2.24) is 0 Å². The van der Waals surface area contributed by atoms with E-state index in [0.29, 0.717) is 35.3 Å². The number of rotatable bonds is 6. The van der Waals surface area contributed by atoms with Crippen molar-refractivity contribution in [1.29, 1.82) is 5.26 Å². The Bertz CT molecular complexity index is 1310. The average molecular weight is 410 g/mol. The molecule has 1 aromatic heterocycles. The zero-order valence-electron chi connectivity index (χ0n) is 17.7. The molecule has 5 heteroatoms. The molecule has 0 saturated carbocycles. The fourth-order valence-electron chi connectivity index (χ4n) is 3.42. The maximum absolute atomic E-state index is 9.33. The number of hydrogen-bond acceptors (Lipinski definition) is 5. The zero-order valence-corrected chi connectivity index (χ0v) is 17.7. The van der Waals surface area contributed by atoms with Gasteiger partial charge in [0.2, 0.25) is 5.88 Å². The lowest BCUT2D eigenvalue weighted by Gasteiger charge is -2.12. The summed E-state index contributed by atoms with van der Waals surface area (Å²) in [6.07, 6.45) is 1.65. The maximum atomic E-state index is 9.33. The van der Waals surface area contributed by atoms with Crippen molar-refractivity contribution in [2.75, 3.05) is 7.11 Å². The molecule has 154 valence electrons. The Kier molecular flexibility index (Phi) is 5.72. The molecule has 0 radical (unpaired) electrons. The molecule has 0 N–H and O–H groups in total. The lowest BCUT2D eigenvalue weighted by atomic mass is 10.1. The summed E-state index contributed by atoms with van der Waals surface area (Å²) >= 11 is 0. The van der Waals surface area contributed by atoms with Crippen LogP contribution in [0.2, 0.25) is 0 Å². The van der Waals surface area contributed by atoms with Crippen LogP contribution in [0.1, 0.15) is 28.0 Å². The third-order valence-electron chi connectivity index (χ3n) is 5.26. The summed E-state index contributed by atoms with van der Waals surface area (Å²) in [6, 6.07) is 22.2. The lowest BCUT2D eigenvalue weighted by Crippen LogP contribution is -1.99. The molecule has 0 spiro atoms. The second kappa shape index (κ2) is 8.76. The SMILES string of the molecule is COc1cc(C=Nc2oc(C)c(C)c2C#N)ccc1OCc1cccc2ccccc12. The van der Waals surface area contributed by atoms with Crippen LogP contribution < -0.4 is 9.47 Å². The van der Waals surface area contributed by atoms with E-state index in [9.17, 15) is 5.26 Å². The summed E-state index contributed by atoms with van der Waals surface area (Å²) < 4.78 is 17.2. The largest absolute Gasteiger partial charge is 0.493 e. The van der Waals surface area contributed by atoms with Gasteiger partial charge in [-0.2, -0.15) is 5.26 Å². The van der Waals surface area contributed by atoms with Gasteiger partial charge in [0.15, 0.2) is 11.5 Å². The van der Waals surface area contributed by atoms with E-state index >= 15 is 0 Å². The predicted octanol–water partition coefficient (Wildman–Crippen LogP) is 6.26. The van der Waals surface area contributed by atoms with Gasteiger partial charge in [-0.3, -0.25) is 0 Å². The number of benzene rings is 3. The van der Waals surface area contributed by atoms with Crippen molar-refractivity contribution in [2.45, 2.75) is 20.5 Å². The highest BCUT2D eigenvalue weighted by atomic mass is 16.5. The average Bonchev–Trinajstić information content (AvgIpc) is 3.08. The van der Waals surface area contributed by atoms with Gasteiger partial charge in [0.05, 0.1) is 7.11 Å². The van der Waals surface area contributed by atoms with E-state index in [1.54, 1.807) is 13.3 Å². The molecule has 4 rings (SSSR count). The summed E-state index contributed by atoms with van der Waals surface area (Å²) in [5.74, 6) is 2.26. The number of aryl methyl sites for hydroxylation is 1. The number of nitrogens with zero attached hydrogens (tertiary/aromatic N) is 2. The van der Waals surface area contributed by atoms with E-state index in [1.807, 2.05) is 50.2 Å². The number of ether oxygens (including phenoxy) is 2. The van der Waals surface area contributed by atoms with Gasteiger partial charge in [0, 0.05) is 11.8 Å². The van der Waals surface area contributed by atoms with Crippen LogP contribution in [0.4, 0.5) is 5.88 Å². The van der Waals surface area contributed by atoms with E-state index in [2.05, 4.69) is 35.3 Å². The molecule has 1 heterocycles. The molecular weight excluding hydrogens is 388 g/mol. The van der Waals surface area contributed by atoms with Crippen LogP contribution in [0.15, 0.2) is 70.1 Å². The van der Waals surface area contributed by atoms with Gasteiger partial charge < -0.3 is 13.9 Å². The minimum atomic E-state index is 0.313. The van der Waals surface area contributed by atoms with E-state index in [4.69, 9.17) is 13.9 Å². The molecule has 0 fully saturated rings. The molecule has 31 heavy (non-hydrogen) atoms. The van der Waals surface area contributed by atoms with Crippen LogP contribution >= 0.6 is 0 Å². The molecule has 0 amide bonds. The van der Waals surface area contributed by atoms with Crippen LogP contribution in [-0.4, -0.2) is 13.3 Å². The molecule has 0 bridgehead atoms. The first kappa shape index (κ1) is 20.2. The third kappa shape index (κ3) is 4.15. The monoisotopic (exact) mass is 410 g/mol. The van der Waals surface area contributed by atoms with Gasteiger partial charge in [0.25, 0.3) is 0 Å². The Morgan fingerprint density at radius 1 is 1.03 bits per heavy atom. The first-order valence-electron chi connectivity index (χ1n) is 9.92. The van der Waals surface area contributed by atoms with Crippen molar-refractivity contribution < 1.29 is 13.9 Å². The minimum Gasteiger partial charge on any atom is -0.493 e. The summed E-state index contributed by atoms with van der Waals surface area (Å²) in [5.41, 5.74) is 3.18. The fourth-order valence-corrected chi connectivity index (χ4v) is 3.42. The fraction of sp³-hybridized carbons (Fsp3) is 0.154. The van der Waals surface area contributed by atoms with Gasteiger partial charge >= 0.3 is 0 Å². The number of nitriles is 1. The molecule has 4 aromatic rings. The second-order valence-electron chi connectivity index (χ2n) is 7.17. The molecule has 5 nitrogen and oxygen atoms in total. The highest BCUT2D eigenvalue weighted by molar-refractivity contribution is 5.85. The van der Waals surface area contributed by atoms with Crippen LogP contribution in [0, 0.1) is 25.2 Å². The number of aliphatic imine (C=N–C) groups is 1. The van der Waals surface area contributed by atoms with Crippen LogP contribution in [0.5, 0.6) is 11.5 Å². The van der Waals surface area contributed by atoms with Gasteiger partial charge in [-0.25, -0.2) is 4.99 Å². The number of furan rings is 1. The number of fused-ring (bicyclic) bond motifs is 1. The topological polar surface area (TPSA) is 67.8 Å². The van der Waals surface area contributed by atoms with Crippen molar-refractivity contribution in [3.05, 3.63) is 88.7 Å². The first-order valence-corrected chi connectivity index (χ1v) is 9.92. The molecule has 3 aromatic carbocycles. The van der Waals surface area contributed by atoms with Crippen LogP contribution in [0.25, 0.3) is 10.8 Å². The van der Waals surface area contributed by atoms with Gasteiger partial charge in [0.1, 0.15) is 24.0 Å². The molecule has 0 atom stereocenters. The van der Waals surface area contributed by atoms with Crippen molar-refractivity contribution in [2.24, 2.45) is 4.99 Å². The van der Waals surface area contributed by atoms with E-state index in [0.717, 1.165) is 16.7 Å². The molecule has 0 saturated heterocycles. The van der Waals surface area contributed by atoms with Crippen molar-refractivity contribution in [3.63, 3.8) is 0 Å². The summed E-state index contributed by atoms with van der Waals surface area (Å²) in [4.78, 5) is 4.35. The predicted molar refractivity (Wildman–Crippen MR) is 121 cm³/mol. The lowest BCUT2D eigenvalue weighted by molar-refractivity contribution is 0.285. The third-order valence-corrected chi connectivity index (χ3v) is 5.26. The quantitative estimate of drug-likeness (QED) is 0.352. The molecule has 0 aliphatic rings.